The Morgan fingerprint density at radius 1 is 1.25 bits per heavy atom. The number of ether oxygens (including phenoxy) is 2. The molecule has 1 aromatic rings. The molecule has 0 aliphatic carbocycles. The van der Waals surface area contributed by atoms with Crippen LogP contribution >= 0.6 is 0 Å². The molecular formula is C16H23NO3. The molecule has 4 heteroatoms. The number of hydrogen-bond donors (Lipinski definition) is 1. The predicted octanol–water partition coefficient (Wildman–Crippen LogP) is 2.87. The maximum Gasteiger partial charge on any atom is 0.251 e. The molecule has 1 aliphatic heterocycles. The van der Waals surface area contributed by atoms with Gasteiger partial charge in [0.15, 0.2) is 11.5 Å². The number of hydrogen-bond acceptors (Lipinski definition) is 3. The van der Waals surface area contributed by atoms with E-state index in [-0.39, 0.29) is 11.3 Å². The highest BCUT2D eigenvalue weighted by Gasteiger charge is 2.25. The van der Waals surface area contributed by atoms with Gasteiger partial charge in [-0.3, -0.25) is 4.79 Å². The molecule has 1 aromatic carbocycles. The first-order valence-electron chi connectivity index (χ1n) is 7.05. The van der Waals surface area contributed by atoms with Gasteiger partial charge in [0.25, 0.3) is 5.91 Å². The van der Waals surface area contributed by atoms with E-state index in [1.165, 1.54) is 0 Å². The van der Waals surface area contributed by atoms with Gasteiger partial charge < -0.3 is 14.8 Å². The summed E-state index contributed by atoms with van der Waals surface area (Å²) in [5, 5.41) is 2.90. The fourth-order valence-electron chi connectivity index (χ4n) is 1.87. The molecule has 0 saturated heterocycles. The van der Waals surface area contributed by atoms with Crippen LogP contribution in [-0.4, -0.2) is 25.7 Å². The number of carbonyl (C=O) groups excluding carboxylic acids is 1. The van der Waals surface area contributed by atoms with Crippen molar-refractivity contribution in [2.45, 2.75) is 27.7 Å². The second kappa shape index (κ2) is 5.73. The fraction of sp³-hybridized carbons (Fsp3) is 0.562. The summed E-state index contributed by atoms with van der Waals surface area (Å²) in [6.07, 6.45) is 0. The average Bonchev–Trinajstić information content (AvgIpc) is 2.55. The van der Waals surface area contributed by atoms with Crippen molar-refractivity contribution in [3.05, 3.63) is 23.8 Å². The molecule has 1 aliphatic rings. The second-order valence-electron chi connectivity index (χ2n) is 6.51. The molecule has 0 spiro atoms. The van der Waals surface area contributed by atoms with Crippen molar-refractivity contribution in [3.8, 4) is 11.5 Å². The minimum atomic E-state index is -0.0754. The summed E-state index contributed by atoms with van der Waals surface area (Å²) >= 11 is 0. The van der Waals surface area contributed by atoms with Crippen LogP contribution in [0.5, 0.6) is 11.5 Å². The van der Waals surface area contributed by atoms with Crippen LogP contribution in [0.1, 0.15) is 38.1 Å². The van der Waals surface area contributed by atoms with Gasteiger partial charge in [-0.2, -0.15) is 0 Å². The largest absolute Gasteiger partial charge is 0.489 e. The minimum absolute atomic E-state index is 0.0287. The highest BCUT2D eigenvalue weighted by Crippen LogP contribution is 2.34. The van der Waals surface area contributed by atoms with Crippen LogP contribution in [0, 0.1) is 11.3 Å². The van der Waals surface area contributed by atoms with Gasteiger partial charge in [-0.1, -0.05) is 27.7 Å². The summed E-state index contributed by atoms with van der Waals surface area (Å²) in [5.74, 6) is 1.71. The maximum atomic E-state index is 12.0. The van der Waals surface area contributed by atoms with Crippen LogP contribution in [0.4, 0.5) is 0 Å². The Morgan fingerprint density at radius 2 is 1.90 bits per heavy atom. The van der Waals surface area contributed by atoms with E-state index in [1.54, 1.807) is 18.2 Å². The topological polar surface area (TPSA) is 47.6 Å². The fourth-order valence-corrected chi connectivity index (χ4v) is 1.87. The SMILES string of the molecule is CC(C)CNC(=O)c1ccc2c(c1)OCC(C)(C)CO2. The molecule has 0 aromatic heterocycles. The average molecular weight is 277 g/mol. The number of carbonyl (C=O) groups is 1. The van der Waals surface area contributed by atoms with Gasteiger partial charge in [0, 0.05) is 17.5 Å². The first-order valence-corrected chi connectivity index (χ1v) is 7.05. The molecule has 0 saturated carbocycles. The highest BCUT2D eigenvalue weighted by atomic mass is 16.5. The van der Waals surface area contributed by atoms with Crippen molar-refractivity contribution in [3.63, 3.8) is 0 Å². The third-order valence-electron chi connectivity index (χ3n) is 3.11. The monoisotopic (exact) mass is 277 g/mol. The molecule has 4 nitrogen and oxygen atoms in total. The Hall–Kier alpha value is -1.71. The normalized spacial score (nSPS) is 16.6. The molecule has 0 atom stereocenters. The van der Waals surface area contributed by atoms with Gasteiger partial charge in [0.05, 0.1) is 13.2 Å². The molecule has 0 unspecified atom stereocenters. The minimum Gasteiger partial charge on any atom is -0.489 e. The van der Waals surface area contributed by atoms with E-state index in [2.05, 4.69) is 33.0 Å². The summed E-state index contributed by atoms with van der Waals surface area (Å²) in [7, 11) is 0. The van der Waals surface area contributed by atoms with Crippen molar-refractivity contribution in [1.82, 2.24) is 5.32 Å². The van der Waals surface area contributed by atoms with Crippen LogP contribution in [0.25, 0.3) is 0 Å². The quantitative estimate of drug-likeness (QED) is 0.924. The zero-order valence-corrected chi connectivity index (χ0v) is 12.7. The molecule has 0 fully saturated rings. The Kier molecular flexibility index (Phi) is 4.21. The summed E-state index contributed by atoms with van der Waals surface area (Å²) in [4.78, 5) is 12.0. The van der Waals surface area contributed by atoms with E-state index >= 15 is 0 Å². The number of benzene rings is 1. The van der Waals surface area contributed by atoms with E-state index in [1.807, 2.05) is 0 Å². The summed E-state index contributed by atoms with van der Waals surface area (Å²) in [6.45, 7) is 10.2. The lowest BCUT2D eigenvalue weighted by Gasteiger charge is -2.19. The zero-order chi connectivity index (χ0) is 14.8. The van der Waals surface area contributed by atoms with Gasteiger partial charge in [0.2, 0.25) is 0 Å². The number of fused-ring (bicyclic) bond motifs is 1. The summed E-state index contributed by atoms with van der Waals surface area (Å²) < 4.78 is 11.5. The highest BCUT2D eigenvalue weighted by molar-refractivity contribution is 5.94. The lowest BCUT2D eigenvalue weighted by molar-refractivity contribution is 0.0948. The third kappa shape index (κ3) is 3.65. The van der Waals surface area contributed by atoms with Crippen molar-refractivity contribution < 1.29 is 14.3 Å². The number of amides is 1. The van der Waals surface area contributed by atoms with Crippen LogP contribution < -0.4 is 14.8 Å². The molecule has 1 amide bonds. The molecule has 0 bridgehead atoms. The van der Waals surface area contributed by atoms with Crippen LogP contribution in [0.15, 0.2) is 18.2 Å². The first-order chi connectivity index (χ1) is 9.37. The van der Waals surface area contributed by atoms with Crippen LogP contribution in [0.3, 0.4) is 0 Å². The van der Waals surface area contributed by atoms with Crippen LogP contribution in [-0.2, 0) is 0 Å². The summed E-state index contributed by atoms with van der Waals surface area (Å²) in [5.41, 5.74) is 0.576. The Bertz CT molecular complexity index is 494. The molecule has 0 radical (unpaired) electrons. The van der Waals surface area contributed by atoms with E-state index in [4.69, 9.17) is 9.47 Å². The molecule has 1 heterocycles. The van der Waals surface area contributed by atoms with Gasteiger partial charge in [-0.05, 0) is 24.1 Å². The van der Waals surface area contributed by atoms with Gasteiger partial charge in [0.1, 0.15) is 0 Å². The summed E-state index contributed by atoms with van der Waals surface area (Å²) in [6, 6.07) is 5.34. The first kappa shape index (κ1) is 14.7. The third-order valence-corrected chi connectivity index (χ3v) is 3.11. The van der Waals surface area contributed by atoms with E-state index in [9.17, 15) is 4.79 Å². The molecule has 20 heavy (non-hydrogen) atoms. The Morgan fingerprint density at radius 3 is 2.55 bits per heavy atom. The van der Waals surface area contributed by atoms with E-state index < -0.39 is 0 Å². The zero-order valence-electron chi connectivity index (χ0n) is 12.7. The number of rotatable bonds is 3. The second-order valence-corrected chi connectivity index (χ2v) is 6.51. The van der Waals surface area contributed by atoms with Crippen molar-refractivity contribution in [1.29, 1.82) is 0 Å². The number of nitrogens with one attached hydrogen (secondary N) is 1. The molecular weight excluding hydrogens is 254 g/mol. The van der Waals surface area contributed by atoms with Crippen LogP contribution in [0.2, 0.25) is 0 Å². The lowest BCUT2D eigenvalue weighted by Crippen LogP contribution is -2.27. The molecule has 110 valence electrons. The maximum absolute atomic E-state index is 12.0. The van der Waals surface area contributed by atoms with Gasteiger partial charge in [-0.25, -0.2) is 0 Å². The Balaban J connectivity index is 2.12. The predicted molar refractivity (Wildman–Crippen MR) is 78.4 cm³/mol. The lowest BCUT2D eigenvalue weighted by atomic mass is 9.97. The van der Waals surface area contributed by atoms with E-state index in [0.29, 0.717) is 42.7 Å². The molecule has 2 rings (SSSR count). The standard InChI is InChI=1S/C16H23NO3/c1-11(2)8-17-15(18)12-5-6-13-14(7-12)20-10-16(3,4)9-19-13/h5-7,11H,8-10H2,1-4H3,(H,17,18). The van der Waals surface area contributed by atoms with Crippen molar-refractivity contribution >= 4 is 5.91 Å². The Labute approximate surface area is 120 Å². The molecule has 1 N–H and O–H groups in total. The van der Waals surface area contributed by atoms with Crippen molar-refractivity contribution in [2.24, 2.45) is 11.3 Å². The van der Waals surface area contributed by atoms with Gasteiger partial charge in [-0.15, -0.1) is 0 Å². The van der Waals surface area contributed by atoms with Crippen molar-refractivity contribution in [2.75, 3.05) is 19.8 Å². The smallest absolute Gasteiger partial charge is 0.251 e. The van der Waals surface area contributed by atoms with E-state index in [0.717, 1.165) is 0 Å². The van der Waals surface area contributed by atoms with Gasteiger partial charge >= 0.3 is 0 Å².